The number of hydrogen-bond acceptors (Lipinski definition) is 1. The first-order chi connectivity index (χ1) is 7.19. The molecule has 0 aliphatic rings. The van der Waals surface area contributed by atoms with Crippen LogP contribution >= 0.6 is 0 Å². The van der Waals surface area contributed by atoms with Crippen molar-refractivity contribution in [3.05, 3.63) is 35.4 Å². The number of benzene rings is 1. The predicted molar refractivity (Wildman–Crippen MR) is 61.3 cm³/mol. The lowest BCUT2D eigenvalue weighted by atomic mass is 9.98. The summed E-state index contributed by atoms with van der Waals surface area (Å²) in [5.41, 5.74) is 2.18. The zero-order chi connectivity index (χ0) is 11.3. The van der Waals surface area contributed by atoms with Gasteiger partial charge in [-0.3, -0.25) is 4.79 Å². The molecule has 0 fully saturated rings. The molecule has 2 nitrogen and oxygen atoms in total. The second kappa shape index (κ2) is 5.21. The summed E-state index contributed by atoms with van der Waals surface area (Å²) in [6, 6.07) is 7.64. The fourth-order valence-electron chi connectivity index (χ4n) is 1.41. The van der Waals surface area contributed by atoms with Crippen LogP contribution in [-0.2, 0) is 4.79 Å². The average molecular weight is 201 g/mol. The molecule has 0 saturated heterocycles. The minimum absolute atomic E-state index is 0.332. The normalized spacial score (nSPS) is 11.9. The summed E-state index contributed by atoms with van der Waals surface area (Å²) >= 11 is 0. The standard InChI is InChI=1S/C13H15NO/c1-4-13(14-9-15)12-7-5-6-11(8-12)10(2)3/h1,5-10,13H,2-3H3,(H,14,15). The van der Waals surface area contributed by atoms with E-state index >= 15 is 0 Å². The average Bonchev–Trinajstić information content (AvgIpc) is 2.26. The molecule has 0 bridgehead atoms. The van der Waals surface area contributed by atoms with Crippen LogP contribution in [-0.4, -0.2) is 6.41 Å². The SMILES string of the molecule is C#CC(NC=O)c1cccc(C(C)C)c1. The summed E-state index contributed by atoms with van der Waals surface area (Å²) in [6.07, 6.45) is 5.98. The zero-order valence-corrected chi connectivity index (χ0v) is 9.03. The van der Waals surface area contributed by atoms with Crippen LogP contribution in [0.15, 0.2) is 24.3 Å². The maximum Gasteiger partial charge on any atom is 0.208 e. The fourth-order valence-corrected chi connectivity index (χ4v) is 1.41. The van der Waals surface area contributed by atoms with Gasteiger partial charge in [0.15, 0.2) is 0 Å². The lowest BCUT2D eigenvalue weighted by Gasteiger charge is -2.12. The van der Waals surface area contributed by atoms with Crippen molar-refractivity contribution in [1.29, 1.82) is 0 Å². The van der Waals surface area contributed by atoms with Crippen molar-refractivity contribution in [2.24, 2.45) is 0 Å². The number of amides is 1. The Morgan fingerprint density at radius 1 is 1.40 bits per heavy atom. The van der Waals surface area contributed by atoms with Crippen LogP contribution in [0.1, 0.15) is 36.9 Å². The molecule has 1 N–H and O–H groups in total. The van der Waals surface area contributed by atoms with Gasteiger partial charge in [0.1, 0.15) is 6.04 Å². The highest BCUT2D eigenvalue weighted by molar-refractivity contribution is 5.49. The summed E-state index contributed by atoms with van der Waals surface area (Å²) in [6.45, 7) is 4.24. The first-order valence-electron chi connectivity index (χ1n) is 4.94. The molecule has 2 heteroatoms. The molecule has 1 amide bonds. The molecule has 0 radical (unpaired) electrons. The van der Waals surface area contributed by atoms with Gasteiger partial charge >= 0.3 is 0 Å². The number of terminal acetylenes is 1. The van der Waals surface area contributed by atoms with Crippen LogP contribution in [0, 0.1) is 12.3 Å². The fraction of sp³-hybridized carbons (Fsp3) is 0.308. The Balaban J connectivity index is 2.98. The van der Waals surface area contributed by atoms with Crippen molar-refractivity contribution in [3.8, 4) is 12.3 Å². The number of carbonyl (C=O) groups excluding carboxylic acids is 1. The van der Waals surface area contributed by atoms with E-state index in [1.165, 1.54) is 5.56 Å². The Morgan fingerprint density at radius 2 is 2.07 bits per heavy atom. The van der Waals surface area contributed by atoms with Crippen LogP contribution in [0.2, 0.25) is 0 Å². The second-order valence-electron chi connectivity index (χ2n) is 3.71. The molecular weight excluding hydrogens is 186 g/mol. The molecule has 1 atom stereocenters. The van der Waals surface area contributed by atoms with E-state index in [0.717, 1.165) is 5.56 Å². The first kappa shape index (κ1) is 11.3. The van der Waals surface area contributed by atoms with Crippen molar-refractivity contribution in [1.82, 2.24) is 5.32 Å². The Morgan fingerprint density at radius 3 is 2.60 bits per heavy atom. The Labute approximate surface area is 90.7 Å². The van der Waals surface area contributed by atoms with Gasteiger partial charge in [-0.05, 0) is 17.0 Å². The maximum absolute atomic E-state index is 10.4. The van der Waals surface area contributed by atoms with Gasteiger partial charge < -0.3 is 5.32 Å². The predicted octanol–water partition coefficient (Wildman–Crippen LogP) is 2.23. The van der Waals surface area contributed by atoms with E-state index in [-0.39, 0.29) is 6.04 Å². The minimum Gasteiger partial charge on any atom is -0.341 e. The lowest BCUT2D eigenvalue weighted by molar-refractivity contribution is -0.109. The topological polar surface area (TPSA) is 29.1 Å². The molecule has 1 unspecified atom stereocenters. The van der Waals surface area contributed by atoms with Gasteiger partial charge in [0.25, 0.3) is 0 Å². The number of carbonyl (C=O) groups is 1. The van der Waals surface area contributed by atoms with Gasteiger partial charge in [-0.25, -0.2) is 0 Å². The summed E-state index contributed by atoms with van der Waals surface area (Å²) in [4.78, 5) is 10.4. The van der Waals surface area contributed by atoms with Crippen LogP contribution < -0.4 is 5.32 Å². The highest BCUT2D eigenvalue weighted by Crippen LogP contribution is 2.19. The van der Waals surface area contributed by atoms with Crippen molar-refractivity contribution < 1.29 is 4.79 Å². The van der Waals surface area contributed by atoms with Crippen LogP contribution in [0.4, 0.5) is 0 Å². The molecule has 1 aromatic carbocycles. The maximum atomic E-state index is 10.4. The summed E-state index contributed by atoms with van der Waals surface area (Å²) in [7, 11) is 0. The van der Waals surface area contributed by atoms with Crippen molar-refractivity contribution in [3.63, 3.8) is 0 Å². The molecule has 0 spiro atoms. The first-order valence-corrected chi connectivity index (χ1v) is 4.94. The molecule has 1 rings (SSSR count). The summed E-state index contributed by atoms with van der Waals surface area (Å²) < 4.78 is 0. The third-order valence-corrected chi connectivity index (χ3v) is 2.31. The van der Waals surface area contributed by atoms with Crippen LogP contribution in [0.25, 0.3) is 0 Å². The van der Waals surface area contributed by atoms with Crippen LogP contribution in [0.5, 0.6) is 0 Å². The van der Waals surface area contributed by atoms with Gasteiger partial charge in [-0.1, -0.05) is 44.0 Å². The summed E-state index contributed by atoms with van der Waals surface area (Å²) in [5.74, 6) is 3.00. The highest BCUT2D eigenvalue weighted by Gasteiger charge is 2.07. The van der Waals surface area contributed by atoms with Crippen molar-refractivity contribution >= 4 is 6.41 Å². The van der Waals surface area contributed by atoms with Gasteiger partial charge in [0.05, 0.1) is 0 Å². The Bertz CT molecular complexity index is 376. The van der Waals surface area contributed by atoms with Crippen LogP contribution in [0.3, 0.4) is 0 Å². The van der Waals surface area contributed by atoms with E-state index in [2.05, 4.69) is 31.2 Å². The second-order valence-corrected chi connectivity index (χ2v) is 3.71. The third kappa shape index (κ3) is 2.85. The van der Waals surface area contributed by atoms with E-state index < -0.39 is 0 Å². The molecule has 0 aliphatic carbocycles. The van der Waals surface area contributed by atoms with Crippen molar-refractivity contribution in [2.45, 2.75) is 25.8 Å². The number of nitrogens with one attached hydrogen (secondary N) is 1. The molecule has 0 saturated carbocycles. The minimum atomic E-state index is -0.332. The Hall–Kier alpha value is -1.75. The van der Waals surface area contributed by atoms with E-state index in [9.17, 15) is 4.79 Å². The molecule has 78 valence electrons. The summed E-state index contributed by atoms with van der Waals surface area (Å²) in [5, 5.41) is 2.60. The Kier molecular flexibility index (Phi) is 3.93. The molecule has 1 aromatic rings. The number of rotatable bonds is 4. The van der Waals surface area contributed by atoms with E-state index in [1.54, 1.807) is 0 Å². The van der Waals surface area contributed by atoms with E-state index in [4.69, 9.17) is 6.42 Å². The lowest BCUT2D eigenvalue weighted by Crippen LogP contribution is -2.17. The van der Waals surface area contributed by atoms with Gasteiger partial charge in [0, 0.05) is 0 Å². The largest absolute Gasteiger partial charge is 0.341 e. The highest BCUT2D eigenvalue weighted by atomic mass is 16.1. The quantitative estimate of drug-likeness (QED) is 0.587. The van der Waals surface area contributed by atoms with E-state index in [1.807, 2.05) is 18.2 Å². The van der Waals surface area contributed by atoms with E-state index in [0.29, 0.717) is 12.3 Å². The molecular formula is C13H15NO. The third-order valence-electron chi connectivity index (χ3n) is 2.31. The van der Waals surface area contributed by atoms with Gasteiger partial charge in [-0.15, -0.1) is 6.42 Å². The van der Waals surface area contributed by atoms with Gasteiger partial charge in [-0.2, -0.15) is 0 Å². The van der Waals surface area contributed by atoms with Crippen molar-refractivity contribution in [2.75, 3.05) is 0 Å². The molecule has 15 heavy (non-hydrogen) atoms. The zero-order valence-electron chi connectivity index (χ0n) is 9.03. The van der Waals surface area contributed by atoms with Gasteiger partial charge in [0.2, 0.25) is 6.41 Å². The molecule has 0 aromatic heterocycles. The molecule has 0 heterocycles. The monoisotopic (exact) mass is 201 g/mol. The molecule has 0 aliphatic heterocycles. The smallest absolute Gasteiger partial charge is 0.208 e. The number of hydrogen-bond donors (Lipinski definition) is 1.